The predicted molar refractivity (Wildman–Crippen MR) is 86.2 cm³/mol. The van der Waals surface area contributed by atoms with E-state index in [4.69, 9.17) is 5.73 Å². The average molecular weight is 345 g/mol. The van der Waals surface area contributed by atoms with Crippen molar-refractivity contribution >= 4 is 49.1 Å². The molecule has 0 spiro atoms. The number of amides is 1. The molecule has 1 aliphatic heterocycles. The molecule has 1 aromatic rings. The Hall–Kier alpha value is -0.820. The van der Waals surface area contributed by atoms with Gasteiger partial charge in [0.25, 0.3) is 0 Å². The number of aromatic nitrogens is 2. The zero-order valence-electron chi connectivity index (χ0n) is 11.0. The molecule has 1 saturated heterocycles. The Morgan fingerprint density at radius 3 is 2.15 bits per heavy atom. The third-order valence-corrected chi connectivity index (χ3v) is 2.83. The summed E-state index contributed by atoms with van der Waals surface area (Å²) in [6.07, 6.45) is 3.89. The van der Waals surface area contributed by atoms with E-state index in [-0.39, 0.29) is 43.1 Å². The summed E-state index contributed by atoms with van der Waals surface area (Å²) in [6.45, 7) is 3.41. The Balaban J connectivity index is 0. The summed E-state index contributed by atoms with van der Waals surface area (Å²) < 4.78 is 0. The van der Waals surface area contributed by atoms with Gasteiger partial charge in [-0.3, -0.25) is 4.79 Å². The molecule has 2 heterocycles. The number of hydrogen-bond donors (Lipinski definition) is 1. The second-order valence-electron chi connectivity index (χ2n) is 3.96. The highest BCUT2D eigenvalue weighted by Crippen LogP contribution is 2.10. The molecular weight excluding hydrogens is 325 g/mol. The Morgan fingerprint density at radius 1 is 1.10 bits per heavy atom. The van der Waals surface area contributed by atoms with Crippen LogP contribution in [-0.4, -0.2) is 53.5 Å². The summed E-state index contributed by atoms with van der Waals surface area (Å²) >= 11 is 0. The quantitative estimate of drug-likeness (QED) is 0.875. The SMILES string of the molecule is Cl.Cl.Cl.NCCC(=O)N1CCN(c2ncccn2)CC1. The normalized spacial score (nSPS) is 13.7. The van der Waals surface area contributed by atoms with E-state index in [2.05, 4.69) is 14.9 Å². The zero-order valence-corrected chi connectivity index (χ0v) is 13.4. The minimum atomic E-state index is 0. The van der Waals surface area contributed by atoms with Crippen molar-refractivity contribution in [2.24, 2.45) is 5.73 Å². The van der Waals surface area contributed by atoms with Gasteiger partial charge in [-0.1, -0.05) is 0 Å². The molecular formula is C11H20Cl3N5O. The van der Waals surface area contributed by atoms with Crippen molar-refractivity contribution in [2.45, 2.75) is 6.42 Å². The Morgan fingerprint density at radius 2 is 1.65 bits per heavy atom. The maximum atomic E-state index is 11.6. The van der Waals surface area contributed by atoms with Crippen molar-refractivity contribution in [3.05, 3.63) is 18.5 Å². The monoisotopic (exact) mass is 343 g/mol. The zero-order chi connectivity index (χ0) is 12.1. The lowest BCUT2D eigenvalue weighted by molar-refractivity contribution is -0.131. The summed E-state index contributed by atoms with van der Waals surface area (Å²) in [4.78, 5) is 24.0. The number of nitrogens with zero attached hydrogens (tertiary/aromatic N) is 4. The molecule has 0 unspecified atom stereocenters. The lowest BCUT2D eigenvalue weighted by Crippen LogP contribution is -2.49. The van der Waals surface area contributed by atoms with Crippen molar-refractivity contribution in [3.63, 3.8) is 0 Å². The van der Waals surface area contributed by atoms with Gasteiger partial charge in [-0.25, -0.2) is 9.97 Å². The van der Waals surface area contributed by atoms with Gasteiger partial charge >= 0.3 is 0 Å². The largest absolute Gasteiger partial charge is 0.339 e. The third-order valence-electron chi connectivity index (χ3n) is 2.83. The van der Waals surface area contributed by atoms with Crippen LogP contribution in [0.25, 0.3) is 0 Å². The van der Waals surface area contributed by atoms with Crippen LogP contribution in [0.4, 0.5) is 5.95 Å². The molecule has 116 valence electrons. The van der Waals surface area contributed by atoms with Gasteiger partial charge in [-0.15, -0.1) is 37.2 Å². The first-order chi connectivity index (χ1) is 8.31. The molecule has 9 heteroatoms. The molecule has 0 aliphatic carbocycles. The first-order valence-corrected chi connectivity index (χ1v) is 5.81. The van der Waals surface area contributed by atoms with Crippen molar-refractivity contribution in [3.8, 4) is 0 Å². The van der Waals surface area contributed by atoms with Crippen LogP contribution in [0.2, 0.25) is 0 Å². The van der Waals surface area contributed by atoms with E-state index in [1.807, 2.05) is 4.90 Å². The maximum absolute atomic E-state index is 11.6. The topological polar surface area (TPSA) is 75.4 Å². The molecule has 20 heavy (non-hydrogen) atoms. The number of carbonyl (C=O) groups excluding carboxylic acids is 1. The first-order valence-electron chi connectivity index (χ1n) is 5.81. The standard InChI is InChI=1S/C11H17N5O.3ClH/c12-3-2-10(17)15-6-8-16(9-7-15)11-13-4-1-5-14-11;;;/h1,4-5H,2-3,6-9,12H2;3*1H. The van der Waals surface area contributed by atoms with Gasteiger partial charge in [-0.2, -0.15) is 0 Å². The van der Waals surface area contributed by atoms with Gasteiger partial charge in [0.1, 0.15) is 0 Å². The van der Waals surface area contributed by atoms with Crippen LogP contribution in [0.5, 0.6) is 0 Å². The summed E-state index contributed by atoms with van der Waals surface area (Å²) in [6, 6.07) is 1.80. The highest BCUT2D eigenvalue weighted by atomic mass is 35.5. The van der Waals surface area contributed by atoms with E-state index in [1.165, 1.54) is 0 Å². The van der Waals surface area contributed by atoms with Crippen LogP contribution < -0.4 is 10.6 Å². The Bertz CT molecular complexity index is 374. The van der Waals surface area contributed by atoms with E-state index >= 15 is 0 Å². The van der Waals surface area contributed by atoms with Gasteiger partial charge < -0.3 is 15.5 Å². The molecule has 0 bridgehead atoms. The van der Waals surface area contributed by atoms with Gasteiger partial charge in [0.05, 0.1) is 0 Å². The lowest BCUT2D eigenvalue weighted by Gasteiger charge is -2.34. The van der Waals surface area contributed by atoms with Gasteiger partial charge in [-0.05, 0) is 6.07 Å². The number of carbonyl (C=O) groups is 1. The number of piperazine rings is 1. The second-order valence-corrected chi connectivity index (χ2v) is 3.96. The van der Waals surface area contributed by atoms with E-state index in [9.17, 15) is 4.79 Å². The third kappa shape index (κ3) is 5.66. The molecule has 2 N–H and O–H groups in total. The molecule has 0 aromatic carbocycles. The molecule has 1 aromatic heterocycles. The molecule has 1 aliphatic rings. The van der Waals surface area contributed by atoms with Crippen molar-refractivity contribution in [1.29, 1.82) is 0 Å². The molecule has 1 fully saturated rings. The minimum Gasteiger partial charge on any atom is -0.339 e. The molecule has 2 rings (SSSR count). The summed E-state index contributed by atoms with van der Waals surface area (Å²) in [5, 5.41) is 0. The fraction of sp³-hybridized carbons (Fsp3) is 0.545. The summed E-state index contributed by atoms with van der Waals surface area (Å²) in [7, 11) is 0. The molecule has 0 radical (unpaired) electrons. The van der Waals surface area contributed by atoms with E-state index in [0.717, 1.165) is 32.1 Å². The number of halogens is 3. The first kappa shape index (κ1) is 21.5. The Kier molecular flexibility index (Phi) is 11.7. The van der Waals surface area contributed by atoms with Crippen LogP contribution in [-0.2, 0) is 4.79 Å². The average Bonchev–Trinajstić information content (AvgIpc) is 2.40. The van der Waals surface area contributed by atoms with Crippen molar-refractivity contribution in [2.75, 3.05) is 37.6 Å². The van der Waals surface area contributed by atoms with Crippen LogP contribution in [0.3, 0.4) is 0 Å². The summed E-state index contributed by atoms with van der Waals surface area (Å²) in [5.41, 5.74) is 5.38. The number of rotatable bonds is 3. The number of anilines is 1. The van der Waals surface area contributed by atoms with E-state index < -0.39 is 0 Å². The molecule has 6 nitrogen and oxygen atoms in total. The second kappa shape index (κ2) is 10.9. The van der Waals surface area contributed by atoms with Crippen LogP contribution >= 0.6 is 37.2 Å². The van der Waals surface area contributed by atoms with Gasteiger partial charge in [0, 0.05) is 51.5 Å². The lowest BCUT2D eigenvalue weighted by atomic mass is 10.3. The predicted octanol–water partition coefficient (Wildman–Crippen LogP) is 0.739. The van der Waals surface area contributed by atoms with Crippen LogP contribution in [0.1, 0.15) is 6.42 Å². The van der Waals surface area contributed by atoms with Gasteiger partial charge in [0.15, 0.2) is 0 Å². The highest BCUT2D eigenvalue weighted by molar-refractivity contribution is 5.86. The number of hydrogen-bond acceptors (Lipinski definition) is 5. The Labute approximate surface area is 137 Å². The number of nitrogens with two attached hydrogens (primary N) is 1. The summed E-state index contributed by atoms with van der Waals surface area (Å²) in [5.74, 6) is 0.875. The maximum Gasteiger partial charge on any atom is 0.225 e. The van der Waals surface area contributed by atoms with Crippen molar-refractivity contribution < 1.29 is 4.79 Å². The fourth-order valence-electron chi connectivity index (χ4n) is 1.89. The van der Waals surface area contributed by atoms with Crippen molar-refractivity contribution in [1.82, 2.24) is 14.9 Å². The fourth-order valence-corrected chi connectivity index (χ4v) is 1.89. The van der Waals surface area contributed by atoms with E-state index in [1.54, 1.807) is 18.5 Å². The molecule has 1 amide bonds. The highest BCUT2D eigenvalue weighted by Gasteiger charge is 2.21. The van der Waals surface area contributed by atoms with Gasteiger partial charge in [0.2, 0.25) is 11.9 Å². The minimum absolute atomic E-state index is 0. The molecule has 0 saturated carbocycles. The van der Waals surface area contributed by atoms with Crippen LogP contribution in [0.15, 0.2) is 18.5 Å². The van der Waals surface area contributed by atoms with E-state index in [0.29, 0.717) is 13.0 Å². The van der Waals surface area contributed by atoms with Crippen LogP contribution in [0, 0.1) is 0 Å². The smallest absolute Gasteiger partial charge is 0.225 e. The molecule has 0 atom stereocenters.